The van der Waals surface area contributed by atoms with Gasteiger partial charge in [-0.3, -0.25) is 9.78 Å². The van der Waals surface area contributed by atoms with Crippen molar-refractivity contribution in [2.75, 3.05) is 19.6 Å². The number of alkyl halides is 3. The number of halogens is 3. The molecule has 4 nitrogen and oxygen atoms in total. The average molecular weight is 301 g/mol. The summed E-state index contributed by atoms with van der Waals surface area (Å²) in [6.07, 6.45) is -2.17. The van der Waals surface area contributed by atoms with E-state index in [0.717, 1.165) is 25.0 Å². The molecular weight excluding hydrogens is 283 g/mol. The molecule has 2 rings (SSSR count). The van der Waals surface area contributed by atoms with Gasteiger partial charge >= 0.3 is 6.18 Å². The molecule has 2 heterocycles. The third kappa shape index (κ3) is 3.53. The highest BCUT2D eigenvalue weighted by Crippen LogP contribution is 2.31. The van der Waals surface area contributed by atoms with Crippen molar-refractivity contribution in [2.45, 2.75) is 25.9 Å². The first-order chi connectivity index (χ1) is 9.75. The van der Waals surface area contributed by atoms with Crippen molar-refractivity contribution in [3.8, 4) is 0 Å². The first kappa shape index (κ1) is 15.8. The van der Waals surface area contributed by atoms with Gasteiger partial charge in [-0.1, -0.05) is 6.92 Å². The van der Waals surface area contributed by atoms with Gasteiger partial charge in [0.1, 0.15) is 5.69 Å². The summed E-state index contributed by atoms with van der Waals surface area (Å²) in [4.78, 5) is 17.5. The van der Waals surface area contributed by atoms with Crippen molar-refractivity contribution in [3.63, 3.8) is 0 Å². The number of carbonyl (C=O) groups excluding carboxylic acids is 1. The molecule has 0 bridgehead atoms. The van der Waals surface area contributed by atoms with Crippen LogP contribution in [-0.2, 0) is 6.18 Å². The summed E-state index contributed by atoms with van der Waals surface area (Å²) in [5.41, 5.74) is 4.93. The quantitative estimate of drug-likeness (QED) is 0.912. The topological polar surface area (TPSA) is 59.2 Å². The fourth-order valence-corrected chi connectivity index (χ4v) is 2.30. The maximum atomic E-state index is 12.5. The second kappa shape index (κ2) is 5.63. The fourth-order valence-electron chi connectivity index (χ4n) is 2.30. The summed E-state index contributed by atoms with van der Waals surface area (Å²) in [6.45, 7) is 3.74. The zero-order valence-corrected chi connectivity index (χ0v) is 11.8. The van der Waals surface area contributed by atoms with E-state index in [1.807, 2.05) is 0 Å². The molecule has 1 aromatic rings. The SMILES string of the molecule is CC1(CN)CCN(C(=O)c2ccc(C(F)(F)F)cn2)CC1. The normalized spacial score (nSPS) is 18.6. The number of likely N-dealkylation sites (tertiary alicyclic amines) is 1. The third-order valence-corrected chi connectivity index (χ3v) is 4.06. The van der Waals surface area contributed by atoms with Gasteiger partial charge in [0.25, 0.3) is 5.91 Å². The molecule has 1 aromatic heterocycles. The van der Waals surface area contributed by atoms with Crippen LogP contribution in [0.15, 0.2) is 18.3 Å². The molecule has 0 aromatic carbocycles. The first-order valence-corrected chi connectivity index (χ1v) is 6.78. The van der Waals surface area contributed by atoms with Crippen molar-refractivity contribution < 1.29 is 18.0 Å². The van der Waals surface area contributed by atoms with E-state index in [4.69, 9.17) is 5.73 Å². The monoisotopic (exact) mass is 301 g/mol. The van der Waals surface area contributed by atoms with Crippen LogP contribution in [0.25, 0.3) is 0 Å². The lowest BCUT2D eigenvalue weighted by Crippen LogP contribution is -2.45. The Kier molecular flexibility index (Phi) is 4.22. The number of piperidine rings is 1. The lowest BCUT2D eigenvalue weighted by molar-refractivity contribution is -0.137. The van der Waals surface area contributed by atoms with E-state index < -0.39 is 11.7 Å². The van der Waals surface area contributed by atoms with Crippen LogP contribution in [0.5, 0.6) is 0 Å². The van der Waals surface area contributed by atoms with Gasteiger partial charge < -0.3 is 10.6 Å². The highest BCUT2D eigenvalue weighted by atomic mass is 19.4. The van der Waals surface area contributed by atoms with Gasteiger partial charge in [-0.15, -0.1) is 0 Å². The van der Waals surface area contributed by atoms with Crippen molar-refractivity contribution in [1.29, 1.82) is 0 Å². The van der Waals surface area contributed by atoms with Gasteiger partial charge in [0, 0.05) is 19.3 Å². The number of rotatable bonds is 2. The smallest absolute Gasteiger partial charge is 0.337 e. The van der Waals surface area contributed by atoms with Gasteiger partial charge in [0.2, 0.25) is 0 Å². The second-order valence-corrected chi connectivity index (χ2v) is 5.74. The molecule has 0 aliphatic carbocycles. The Morgan fingerprint density at radius 1 is 1.38 bits per heavy atom. The number of hydrogen-bond acceptors (Lipinski definition) is 3. The van der Waals surface area contributed by atoms with Crippen LogP contribution in [-0.4, -0.2) is 35.4 Å². The third-order valence-electron chi connectivity index (χ3n) is 4.06. The van der Waals surface area contributed by atoms with Gasteiger partial charge in [-0.25, -0.2) is 0 Å². The van der Waals surface area contributed by atoms with Crippen molar-refractivity contribution in [2.24, 2.45) is 11.1 Å². The molecule has 0 radical (unpaired) electrons. The van der Waals surface area contributed by atoms with Crippen LogP contribution < -0.4 is 5.73 Å². The van der Waals surface area contributed by atoms with Crippen molar-refractivity contribution >= 4 is 5.91 Å². The average Bonchev–Trinajstić information content (AvgIpc) is 2.47. The molecule has 0 saturated carbocycles. The minimum Gasteiger partial charge on any atom is -0.337 e. The number of pyridine rings is 1. The number of aromatic nitrogens is 1. The molecule has 1 saturated heterocycles. The van der Waals surface area contributed by atoms with Crippen LogP contribution in [0, 0.1) is 5.41 Å². The molecule has 2 N–H and O–H groups in total. The van der Waals surface area contributed by atoms with Gasteiger partial charge in [-0.05, 0) is 36.9 Å². The second-order valence-electron chi connectivity index (χ2n) is 5.74. The summed E-state index contributed by atoms with van der Waals surface area (Å²) in [5.74, 6) is -0.331. The van der Waals surface area contributed by atoms with Crippen LogP contribution in [0.1, 0.15) is 35.8 Å². The van der Waals surface area contributed by atoms with E-state index in [1.54, 1.807) is 4.90 Å². The van der Waals surface area contributed by atoms with Crippen molar-refractivity contribution in [3.05, 3.63) is 29.6 Å². The molecular formula is C14H18F3N3O. The predicted octanol–water partition coefficient (Wildman–Crippen LogP) is 2.30. The Labute approximate surface area is 121 Å². The summed E-state index contributed by atoms with van der Waals surface area (Å²) < 4.78 is 37.4. The number of nitrogens with two attached hydrogens (primary N) is 1. The Morgan fingerprint density at radius 2 is 2.00 bits per heavy atom. The summed E-state index contributed by atoms with van der Waals surface area (Å²) in [7, 11) is 0. The van der Waals surface area contributed by atoms with E-state index in [9.17, 15) is 18.0 Å². The highest BCUT2D eigenvalue weighted by molar-refractivity contribution is 5.92. The van der Waals surface area contributed by atoms with Crippen molar-refractivity contribution in [1.82, 2.24) is 9.88 Å². The summed E-state index contributed by atoms with van der Waals surface area (Å²) >= 11 is 0. The zero-order valence-electron chi connectivity index (χ0n) is 11.8. The summed E-state index contributed by atoms with van der Waals surface area (Å²) in [5, 5.41) is 0. The zero-order chi connectivity index (χ0) is 15.7. The number of amides is 1. The molecule has 116 valence electrons. The Balaban J connectivity index is 2.04. The molecule has 7 heteroatoms. The molecule has 0 spiro atoms. The molecule has 0 atom stereocenters. The fraction of sp³-hybridized carbons (Fsp3) is 0.571. The molecule has 1 amide bonds. The lowest BCUT2D eigenvalue weighted by Gasteiger charge is -2.38. The molecule has 21 heavy (non-hydrogen) atoms. The number of carbonyl (C=O) groups is 1. The molecule has 1 aliphatic rings. The van der Waals surface area contributed by atoms with E-state index >= 15 is 0 Å². The van der Waals surface area contributed by atoms with Gasteiger partial charge in [0.05, 0.1) is 5.56 Å². The first-order valence-electron chi connectivity index (χ1n) is 6.78. The summed E-state index contributed by atoms with van der Waals surface area (Å²) in [6, 6.07) is 2.01. The van der Waals surface area contributed by atoms with E-state index in [0.29, 0.717) is 25.8 Å². The molecule has 1 fully saturated rings. The minimum atomic E-state index is -4.44. The number of nitrogens with zero attached hydrogens (tertiary/aromatic N) is 2. The molecule has 1 aliphatic heterocycles. The van der Waals surface area contributed by atoms with Crippen LogP contribution in [0.2, 0.25) is 0 Å². The number of hydrogen-bond donors (Lipinski definition) is 1. The predicted molar refractivity (Wildman–Crippen MR) is 71.5 cm³/mol. The van der Waals surface area contributed by atoms with E-state index in [2.05, 4.69) is 11.9 Å². The maximum Gasteiger partial charge on any atom is 0.417 e. The van der Waals surface area contributed by atoms with Gasteiger partial charge in [-0.2, -0.15) is 13.2 Å². The molecule has 0 unspecified atom stereocenters. The Bertz CT molecular complexity index is 505. The van der Waals surface area contributed by atoms with Crippen LogP contribution in [0.3, 0.4) is 0 Å². The largest absolute Gasteiger partial charge is 0.417 e. The Morgan fingerprint density at radius 3 is 2.43 bits per heavy atom. The van der Waals surface area contributed by atoms with Crippen LogP contribution in [0.4, 0.5) is 13.2 Å². The minimum absolute atomic E-state index is 0.0321. The maximum absolute atomic E-state index is 12.5. The van der Waals surface area contributed by atoms with E-state index in [-0.39, 0.29) is 17.0 Å². The van der Waals surface area contributed by atoms with E-state index in [1.165, 1.54) is 0 Å². The highest BCUT2D eigenvalue weighted by Gasteiger charge is 2.33. The van der Waals surface area contributed by atoms with Gasteiger partial charge in [0.15, 0.2) is 0 Å². The lowest BCUT2D eigenvalue weighted by atomic mass is 9.80. The van der Waals surface area contributed by atoms with Crippen LogP contribution >= 0.6 is 0 Å². The Hall–Kier alpha value is -1.63. The standard InChI is InChI=1S/C14H18F3N3O/c1-13(9-18)4-6-20(7-5-13)12(21)11-3-2-10(8-19-11)14(15,16)17/h2-3,8H,4-7,9,18H2,1H3.